The van der Waals surface area contributed by atoms with Crippen molar-refractivity contribution in [2.45, 2.75) is 46.0 Å². The second-order valence-corrected chi connectivity index (χ2v) is 6.27. The largest absolute Gasteiger partial charge is 0.508 e. The predicted octanol–water partition coefficient (Wildman–Crippen LogP) is 4.94. The molecule has 2 heteroatoms. The molecule has 2 rings (SSSR count). The van der Waals surface area contributed by atoms with E-state index in [-0.39, 0.29) is 0 Å². The molecule has 0 fully saturated rings. The Bertz CT molecular complexity index is 572. The van der Waals surface area contributed by atoms with Crippen LogP contribution in [0.15, 0.2) is 36.4 Å². The van der Waals surface area contributed by atoms with Crippen molar-refractivity contribution >= 4 is 0 Å². The van der Waals surface area contributed by atoms with E-state index in [1.54, 1.807) is 12.1 Å². The number of rotatable bonds is 4. The molecule has 0 aliphatic carbocycles. The van der Waals surface area contributed by atoms with Gasteiger partial charge in [0.15, 0.2) is 0 Å². The number of aromatic hydroxyl groups is 2. The molecule has 0 unspecified atom stereocenters. The third-order valence-electron chi connectivity index (χ3n) is 3.84. The quantitative estimate of drug-likeness (QED) is 0.835. The van der Waals surface area contributed by atoms with Crippen molar-refractivity contribution in [1.29, 1.82) is 0 Å². The van der Waals surface area contributed by atoms with E-state index in [9.17, 15) is 10.2 Å². The van der Waals surface area contributed by atoms with E-state index in [0.29, 0.717) is 23.3 Å². The van der Waals surface area contributed by atoms with E-state index in [2.05, 4.69) is 39.8 Å². The van der Waals surface area contributed by atoms with Crippen LogP contribution in [0.5, 0.6) is 11.5 Å². The summed E-state index contributed by atoms with van der Waals surface area (Å²) in [5.74, 6) is 1.33. The van der Waals surface area contributed by atoms with Crippen LogP contribution in [0.25, 0.3) is 0 Å². The molecule has 0 aliphatic rings. The summed E-state index contributed by atoms with van der Waals surface area (Å²) in [7, 11) is 0. The van der Waals surface area contributed by atoms with E-state index >= 15 is 0 Å². The van der Waals surface area contributed by atoms with E-state index in [1.165, 1.54) is 11.1 Å². The molecular weight excluding hydrogens is 260 g/mol. The van der Waals surface area contributed by atoms with Crippen LogP contribution in [0.3, 0.4) is 0 Å². The first-order chi connectivity index (χ1) is 9.88. The van der Waals surface area contributed by atoms with Gasteiger partial charge in [-0.05, 0) is 52.6 Å². The van der Waals surface area contributed by atoms with Crippen molar-refractivity contribution in [3.05, 3.63) is 58.7 Å². The second-order valence-electron chi connectivity index (χ2n) is 6.27. The fourth-order valence-corrected chi connectivity index (χ4v) is 2.59. The average molecular weight is 284 g/mol. The lowest BCUT2D eigenvalue weighted by atomic mass is 9.94. The highest BCUT2D eigenvalue weighted by molar-refractivity contribution is 5.43. The summed E-state index contributed by atoms with van der Waals surface area (Å²) in [4.78, 5) is 0. The van der Waals surface area contributed by atoms with Crippen LogP contribution in [0, 0.1) is 0 Å². The molecule has 2 aromatic rings. The average Bonchev–Trinajstić information content (AvgIpc) is 2.42. The van der Waals surface area contributed by atoms with Gasteiger partial charge in [-0.1, -0.05) is 52.0 Å². The van der Waals surface area contributed by atoms with Gasteiger partial charge in [0.1, 0.15) is 11.5 Å². The Morgan fingerprint density at radius 1 is 0.714 bits per heavy atom. The maximum Gasteiger partial charge on any atom is 0.119 e. The number of hydrogen-bond acceptors (Lipinski definition) is 2. The summed E-state index contributed by atoms with van der Waals surface area (Å²) in [6.45, 7) is 8.32. The Kier molecular flexibility index (Phi) is 4.56. The smallest absolute Gasteiger partial charge is 0.119 e. The summed E-state index contributed by atoms with van der Waals surface area (Å²) in [5, 5.41) is 19.8. The fourth-order valence-electron chi connectivity index (χ4n) is 2.59. The Hall–Kier alpha value is -1.96. The lowest BCUT2D eigenvalue weighted by Crippen LogP contribution is -1.95. The third-order valence-corrected chi connectivity index (χ3v) is 3.84. The minimum absolute atomic E-state index is 0.302. The molecule has 112 valence electrons. The van der Waals surface area contributed by atoms with Gasteiger partial charge in [0.2, 0.25) is 0 Å². The van der Waals surface area contributed by atoms with Crippen LogP contribution in [0.2, 0.25) is 0 Å². The Morgan fingerprint density at radius 3 is 1.43 bits per heavy atom. The molecule has 0 bridgehead atoms. The van der Waals surface area contributed by atoms with Gasteiger partial charge in [-0.25, -0.2) is 0 Å². The van der Waals surface area contributed by atoms with Crippen molar-refractivity contribution < 1.29 is 10.2 Å². The van der Waals surface area contributed by atoms with E-state index in [0.717, 1.165) is 17.5 Å². The van der Waals surface area contributed by atoms with Crippen LogP contribution >= 0.6 is 0 Å². The molecule has 0 spiro atoms. The Morgan fingerprint density at radius 2 is 1.10 bits per heavy atom. The van der Waals surface area contributed by atoms with Gasteiger partial charge in [-0.2, -0.15) is 0 Å². The van der Waals surface area contributed by atoms with Crippen molar-refractivity contribution in [2.75, 3.05) is 0 Å². The summed E-state index contributed by atoms with van der Waals surface area (Å²) in [5.41, 5.74) is 4.32. The van der Waals surface area contributed by atoms with Crippen molar-refractivity contribution in [3.63, 3.8) is 0 Å². The highest BCUT2D eigenvalue weighted by atomic mass is 16.3. The van der Waals surface area contributed by atoms with Crippen LogP contribution < -0.4 is 0 Å². The molecule has 2 aromatic carbocycles. The van der Waals surface area contributed by atoms with Gasteiger partial charge >= 0.3 is 0 Å². The van der Waals surface area contributed by atoms with E-state index in [4.69, 9.17) is 0 Å². The first kappa shape index (κ1) is 15.4. The summed E-state index contributed by atoms with van der Waals surface area (Å²) >= 11 is 0. The van der Waals surface area contributed by atoms with Crippen LogP contribution in [-0.4, -0.2) is 10.2 Å². The number of hydrogen-bond donors (Lipinski definition) is 2. The number of phenols is 2. The van der Waals surface area contributed by atoms with Crippen molar-refractivity contribution in [1.82, 2.24) is 0 Å². The summed E-state index contributed by atoms with van der Waals surface area (Å²) < 4.78 is 0. The van der Waals surface area contributed by atoms with Gasteiger partial charge in [-0.15, -0.1) is 0 Å². The maximum absolute atomic E-state index is 9.89. The standard InChI is InChI=1S/C19H24O2/c1-12(2)16-10-14(5-7-18(16)20)9-15-6-8-19(21)17(11-15)13(3)4/h5-8,10-13,20-21H,9H2,1-4H3. The zero-order valence-corrected chi connectivity index (χ0v) is 13.2. The molecule has 0 saturated heterocycles. The van der Waals surface area contributed by atoms with E-state index < -0.39 is 0 Å². The van der Waals surface area contributed by atoms with Gasteiger partial charge in [0.25, 0.3) is 0 Å². The molecule has 2 N–H and O–H groups in total. The molecule has 0 atom stereocenters. The first-order valence-corrected chi connectivity index (χ1v) is 7.52. The number of benzene rings is 2. The Labute approximate surface area is 127 Å². The first-order valence-electron chi connectivity index (χ1n) is 7.52. The number of phenolic OH excluding ortho intramolecular Hbond substituents is 2. The molecule has 0 aliphatic heterocycles. The van der Waals surface area contributed by atoms with Gasteiger partial charge < -0.3 is 10.2 Å². The zero-order valence-electron chi connectivity index (χ0n) is 13.2. The topological polar surface area (TPSA) is 40.5 Å². The van der Waals surface area contributed by atoms with Gasteiger partial charge in [-0.3, -0.25) is 0 Å². The monoisotopic (exact) mass is 284 g/mol. The van der Waals surface area contributed by atoms with Crippen molar-refractivity contribution in [3.8, 4) is 11.5 Å². The molecule has 0 radical (unpaired) electrons. The molecule has 21 heavy (non-hydrogen) atoms. The predicted molar refractivity (Wildman–Crippen MR) is 87.2 cm³/mol. The maximum atomic E-state index is 9.89. The normalized spacial score (nSPS) is 11.3. The van der Waals surface area contributed by atoms with E-state index in [1.807, 2.05) is 12.1 Å². The molecule has 0 heterocycles. The molecule has 0 aromatic heterocycles. The minimum Gasteiger partial charge on any atom is -0.508 e. The molecular formula is C19H24O2. The second kappa shape index (κ2) is 6.21. The lowest BCUT2D eigenvalue weighted by Gasteiger charge is -2.13. The Balaban J connectivity index is 2.30. The van der Waals surface area contributed by atoms with Gasteiger partial charge in [0.05, 0.1) is 0 Å². The van der Waals surface area contributed by atoms with Gasteiger partial charge in [0, 0.05) is 0 Å². The summed E-state index contributed by atoms with van der Waals surface area (Å²) in [6.07, 6.45) is 0.806. The fraction of sp³-hybridized carbons (Fsp3) is 0.368. The minimum atomic E-state index is 0.302. The lowest BCUT2D eigenvalue weighted by molar-refractivity contribution is 0.464. The summed E-state index contributed by atoms with van der Waals surface area (Å²) in [6, 6.07) is 11.6. The van der Waals surface area contributed by atoms with Crippen LogP contribution in [-0.2, 0) is 6.42 Å². The third kappa shape index (κ3) is 3.57. The van der Waals surface area contributed by atoms with Crippen molar-refractivity contribution in [2.24, 2.45) is 0 Å². The highest BCUT2D eigenvalue weighted by Crippen LogP contribution is 2.29. The molecule has 2 nitrogen and oxygen atoms in total. The molecule has 0 saturated carbocycles. The van der Waals surface area contributed by atoms with Crippen LogP contribution in [0.4, 0.5) is 0 Å². The highest BCUT2D eigenvalue weighted by Gasteiger charge is 2.10. The zero-order chi connectivity index (χ0) is 15.6. The van der Waals surface area contributed by atoms with Crippen LogP contribution in [0.1, 0.15) is 61.8 Å². The SMILES string of the molecule is CC(C)c1cc(Cc2ccc(O)c(C(C)C)c2)ccc1O. The molecule has 0 amide bonds.